The Balaban J connectivity index is 1.40. The predicted molar refractivity (Wildman–Crippen MR) is 101 cm³/mol. The Kier molecular flexibility index (Phi) is 4.93. The van der Waals surface area contributed by atoms with Crippen molar-refractivity contribution in [2.75, 3.05) is 36.5 Å². The third kappa shape index (κ3) is 3.73. The number of nitrogens with one attached hydrogen (secondary N) is 2. The average Bonchev–Trinajstić information content (AvgIpc) is 3.12. The van der Waals surface area contributed by atoms with Gasteiger partial charge in [0.1, 0.15) is 12.7 Å². The third-order valence-electron chi connectivity index (χ3n) is 4.74. The minimum absolute atomic E-state index is 0.162. The van der Waals surface area contributed by atoms with Crippen LogP contribution in [-0.2, 0) is 15.9 Å². The van der Waals surface area contributed by atoms with E-state index in [1.54, 1.807) is 18.2 Å². The summed E-state index contributed by atoms with van der Waals surface area (Å²) in [6.07, 6.45) is 0.319. The van der Waals surface area contributed by atoms with Crippen LogP contribution in [-0.4, -0.2) is 38.4 Å². The number of ether oxygens (including phenoxy) is 2. The van der Waals surface area contributed by atoms with E-state index in [1.165, 1.54) is 10.5 Å². The van der Waals surface area contributed by atoms with Crippen molar-refractivity contribution in [1.82, 2.24) is 5.32 Å². The minimum Gasteiger partial charge on any atom is -0.447 e. The average molecular weight is 367 g/mol. The van der Waals surface area contributed by atoms with Gasteiger partial charge in [0.15, 0.2) is 0 Å². The normalized spacial score (nSPS) is 18.6. The summed E-state index contributed by atoms with van der Waals surface area (Å²) < 4.78 is 10.8. The first-order chi connectivity index (χ1) is 13.2. The molecule has 27 heavy (non-hydrogen) atoms. The number of carbonyl (C=O) groups excluding carboxylic acids is 2. The van der Waals surface area contributed by atoms with Crippen LogP contribution in [0.15, 0.2) is 48.5 Å². The van der Waals surface area contributed by atoms with Crippen molar-refractivity contribution in [2.24, 2.45) is 0 Å². The van der Waals surface area contributed by atoms with Crippen LogP contribution in [0.5, 0.6) is 0 Å². The maximum atomic E-state index is 12.4. The highest BCUT2D eigenvalue weighted by atomic mass is 16.6. The van der Waals surface area contributed by atoms with Crippen molar-refractivity contribution in [3.8, 4) is 0 Å². The van der Waals surface area contributed by atoms with Gasteiger partial charge in [-0.2, -0.15) is 0 Å². The summed E-state index contributed by atoms with van der Waals surface area (Å²) in [7, 11) is 0. The van der Waals surface area contributed by atoms with E-state index in [2.05, 4.69) is 16.7 Å². The van der Waals surface area contributed by atoms with E-state index in [-0.39, 0.29) is 12.1 Å². The molecule has 1 fully saturated rings. The molecule has 1 atom stereocenters. The lowest BCUT2D eigenvalue weighted by Gasteiger charge is -2.26. The molecule has 0 unspecified atom stereocenters. The summed E-state index contributed by atoms with van der Waals surface area (Å²) in [4.78, 5) is 25.7. The van der Waals surface area contributed by atoms with Crippen LogP contribution in [0.3, 0.4) is 0 Å². The van der Waals surface area contributed by atoms with Crippen LogP contribution in [0.1, 0.15) is 17.2 Å². The van der Waals surface area contributed by atoms with Crippen LogP contribution in [0.4, 0.5) is 21.0 Å². The highest BCUT2D eigenvalue weighted by molar-refractivity contribution is 5.98. The van der Waals surface area contributed by atoms with Gasteiger partial charge in [0, 0.05) is 6.54 Å². The molecule has 1 saturated heterocycles. The fraction of sp³-hybridized carbons (Fsp3) is 0.300. The van der Waals surface area contributed by atoms with Gasteiger partial charge in [0.25, 0.3) is 0 Å². The van der Waals surface area contributed by atoms with Crippen LogP contribution in [0.25, 0.3) is 0 Å². The second kappa shape index (κ2) is 7.67. The maximum Gasteiger partial charge on any atom is 0.414 e. The molecule has 7 heteroatoms. The highest BCUT2D eigenvalue weighted by Crippen LogP contribution is 2.28. The zero-order valence-electron chi connectivity index (χ0n) is 14.8. The van der Waals surface area contributed by atoms with E-state index < -0.39 is 6.09 Å². The van der Waals surface area contributed by atoms with Crippen molar-refractivity contribution in [1.29, 1.82) is 0 Å². The lowest BCUT2D eigenvalue weighted by molar-refractivity contribution is 0.0444. The molecular formula is C20H21N3O4. The predicted octanol–water partition coefficient (Wildman–Crippen LogP) is 3.08. The third-order valence-corrected chi connectivity index (χ3v) is 4.74. The molecule has 7 nitrogen and oxygen atoms in total. The number of rotatable bonds is 4. The zero-order chi connectivity index (χ0) is 18.6. The molecule has 4 rings (SSSR count). The fourth-order valence-electron chi connectivity index (χ4n) is 3.42. The summed E-state index contributed by atoms with van der Waals surface area (Å²) in [5.74, 6) is 0. The summed E-state index contributed by atoms with van der Waals surface area (Å²) in [6, 6.07) is 14.9. The first kappa shape index (κ1) is 17.4. The molecule has 0 aromatic heterocycles. The molecule has 0 radical (unpaired) electrons. The van der Waals surface area contributed by atoms with Crippen LogP contribution >= 0.6 is 0 Å². The van der Waals surface area contributed by atoms with Crippen molar-refractivity contribution in [2.45, 2.75) is 12.5 Å². The number of hydrogen-bond acceptors (Lipinski definition) is 4. The summed E-state index contributed by atoms with van der Waals surface area (Å²) in [6.45, 7) is 1.82. The Morgan fingerprint density at radius 3 is 2.78 bits per heavy atom. The summed E-state index contributed by atoms with van der Waals surface area (Å²) >= 11 is 0. The standard InChI is InChI=1S/C20H21N3O4/c24-19(21-13-18-15-6-2-1-5-14(15)9-11-26-18)22-16-7-3-4-8-17(16)23-10-12-27-20(23)25/h1-8,18H,9-13H2,(H2,21,22,24)/t18-/m0/s1. The van der Waals surface area contributed by atoms with Crippen molar-refractivity contribution >= 4 is 23.5 Å². The van der Waals surface area contributed by atoms with Crippen LogP contribution < -0.4 is 15.5 Å². The molecule has 0 spiro atoms. The number of cyclic esters (lactones) is 1. The Bertz CT molecular complexity index is 855. The molecule has 2 aliphatic heterocycles. The highest BCUT2D eigenvalue weighted by Gasteiger charge is 2.26. The van der Waals surface area contributed by atoms with Crippen molar-refractivity contribution < 1.29 is 19.1 Å². The molecule has 2 N–H and O–H groups in total. The Morgan fingerprint density at radius 1 is 1.11 bits per heavy atom. The van der Waals surface area contributed by atoms with Gasteiger partial charge in [-0.05, 0) is 29.7 Å². The fourth-order valence-corrected chi connectivity index (χ4v) is 3.42. The van der Waals surface area contributed by atoms with Gasteiger partial charge in [-0.1, -0.05) is 36.4 Å². The first-order valence-corrected chi connectivity index (χ1v) is 9.00. The second-order valence-electron chi connectivity index (χ2n) is 6.43. The number of carbonyl (C=O) groups is 2. The van der Waals surface area contributed by atoms with Gasteiger partial charge < -0.3 is 20.1 Å². The lowest BCUT2D eigenvalue weighted by Crippen LogP contribution is -2.35. The van der Waals surface area contributed by atoms with E-state index in [0.717, 1.165) is 12.0 Å². The second-order valence-corrected chi connectivity index (χ2v) is 6.43. The smallest absolute Gasteiger partial charge is 0.414 e. The van der Waals surface area contributed by atoms with E-state index in [9.17, 15) is 9.59 Å². The van der Waals surface area contributed by atoms with Gasteiger partial charge >= 0.3 is 12.1 Å². The minimum atomic E-state index is -0.406. The zero-order valence-corrected chi connectivity index (χ0v) is 14.8. The first-order valence-electron chi connectivity index (χ1n) is 9.00. The van der Waals surface area contributed by atoms with Gasteiger partial charge in [0.05, 0.1) is 24.5 Å². The number of fused-ring (bicyclic) bond motifs is 1. The van der Waals surface area contributed by atoms with Crippen molar-refractivity contribution in [3.05, 3.63) is 59.7 Å². The Labute approximate surface area is 157 Å². The van der Waals surface area contributed by atoms with Gasteiger partial charge in [-0.3, -0.25) is 4.90 Å². The molecule has 0 bridgehead atoms. The monoisotopic (exact) mass is 367 g/mol. The molecule has 2 aliphatic rings. The lowest BCUT2D eigenvalue weighted by atomic mass is 9.98. The maximum absolute atomic E-state index is 12.4. The van der Waals surface area contributed by atoms with E-state index in [0.29, 0.717) is 37.7 Å². The van der Waals surface area contributed by atoms with E-state index in [4.69, 9.17) is 9.47 Å². The molecule has 3 amide bonds. The molecule has 2 heterocycles. The van der Waals surface area contributed by atoms with E-state index in [1.807, 2.05) is 24.3 Å². The molecular weight excluding hydrogens is 346 g/mol. The Morgan fingerprint density at radius 2 is 1.93 bits per heavy atom. The molecule has 2 aromatic carbocycles. The molecule has 2 aromatic rings. The number of amides is 3. The van der Waals surface area contributed by atoms with Gasteiger partial charge in [-0.25, -0.2) is 9.59 Å². The topological polar surface area (TPSA) is 79.9 Å². The van der Waals surface area contributed by atoms with Gasteiger partial charge in [0.2, 0.25) is 0 Å². The molecule has 0 aliphatic carbocycles. The number of urea groups is 1. The summed E-state index contributed by atoms with van der Waals surface area (Å²) in [5, 5.41) is 5.68. The number of para-hydroxylation sites is 2. The number of anilines is 2. The molecule has 140 valence electrons. The largest absolute Gasteiger partial charge is 0.447 e. The number of nitrogens with zero attached hydrogens (tertiary/aromatic N) is 1. The quantitative estimate of drug-likeness (QED) is 0.870. The van der Waals surface area contributed by atoms with Crippen molar-refractivity contribution in [3.63, 3.8) is 0 Å². The van der Waals surface area contributed by atoms with Gasteiger partial charge in [-0.15, -0.1) is 0 Å². The van der Waals surface area contributed by atoms with Crippen LogP contribution in [0, 0.1) is 0 Å². The number of hydrogen-bond donors (Lipinski definition) is 2. The summed E-state index contributed by atoms with van der Waals surface area (Å²) in [5.41, 5.74) is 3.55. The number of benzene rings is 2. The van der Waals surface area contributed by atoms with E-state index >= 15 is 0 Å². The van der Waals surface area contributed by atoms with Crippen LogP contribution in [0.2, 0.25) is 0 Å². The Hall–Kier alpha value is -3.06. The molecule has 0 saturated carbocycles. The SMILES string of the molecule is O=C(NC[C@@H]1OCCc2ccccc21)Nc1ccccc1N1CCOC1=O.